The van der Waals surface area contributed by atoms with Crippen LogP contribution in [-0.4, -0.2) is 79.4 Å². The summed E-state index contributed by atoms with van der Waals surface area (Å²) in [5.74, 6) is 0. The van der Waals surface area contributed by atoms with Gasteiger partial charge in [-0.05, 0) is 38.5 Å². The molecule has 0 aromatic rings. The van der Waals surface area contributed by atoms with Crippen LogP contribution in [0.25, 0.3) is 0 Å². The first-order valence-electron chi connectivity index (χ1n) is 12.0. The summed E-state index contributed by atoms with van der Waals surface area (Å²) >= 11 is 0. The zero-order chi connectivity index (χ0) is 25.3. The summed E-state index contributed by atoms with van der Waals surface area (Å²) in [4.78, 5) is 68.7. The molecule has 0 saturated carbocycles. The van der Waals surface area contributed by atoms with Crippen molar-refractivity contribution >= 4 is 30.3 Å². The Bertz CT molecular complexity index is 683. The van der Waals surface area contributed by atoms with E-state index in [1.54, 1.807) is 4.90 Å². The van der Waals surface area contributed by atoms with Crippen molar-refractivity contribution in [2.75, 3.05) is 39.3 Å². The summed E-state index contributed by atoms with van der Waals surface area (Å²) < 4.78 is 0. The largest absolute Gasteiger partial charge is 0.351 e. The summed E-state index contributed by atoms with van der Waals surface area (Å²) in [5.41, 5.74) is 5.50. The topological polar surface area (TPSA) is 155 Å². The number of hydrogen-bond donors (Lipinski definition) is 1. The lowest BCUT2D eigenvalue weighted by molar-refractivity contribution is 0.154. The van der Waals surface area contributed by atoms with Crippen LogP contribution in [0, 0.1) is 0 Å². The minimum atomic E-state index is -0.765. The van der Waals surface area contributed by atoms with Gasteiger partial charge in [-0.25, -0.2) is 43.8 Å². The van der Waals surface area contributed by atoms with Crippen LogP contribution in [0.1, 0.15) is 77.0 Å². The molecule has 0 spiro atoms. The smallest absolute Gasteiger partial charge is 0.328 e. The maximum Gasteiger partial charge on any atom is 0.328 e. The van der Waals surface area contributed by atoms with E-state index in [0.29, 0.717) is 39.1 Å². The van der Waals surface area contributed by atoms with Gasteiger partial charge in [0.2, 0.25) is 18.2 Å². The summed E-state index contributed by atoms with van der Waals surface area (Å²) in [6.07, 6.45) is 14.2. The van der Waals surface area contributed by atoms with Gasteiger partial charge in [0.25, 0.3) is 0 Å². The van der Waals surface area contributed by atoms with Crippen LogP contribution in [0.15, 0.2) is 15.0 Å². The van der Waals surface area contributed by atoms with Gasteiger partial charge in [0.15, 0.2) is 0 Å². The van der Waals surface area contributed by atoms with E-state index in [0.717, 1.165) is 75.5 Å². The van der Waals surface area contributed by atoms with Crippen LogP contribution < -0.4 is 5.73 Å². The summed E-state index contributed by atoms with van der Waals surface area (Å²) in [7, 11) is 0. The summed E-state index contributed by atoms with van der Waals surface area (Å²) in [6, 6.07) is -1.15. The van der Waals surface area contributed by atoms with Crippen molar-refractivity contribution < 1.29 is 24.0 Å². The first kappa shape index (κ1) is 30.9. The molecule has 2 N–H and O–H groups in total. The van der Waals surface area contributed by atoms with E-state index < -0.39 is 6.03 Å². The van der Waals surface area contributed by atoms with Gasteiger partial charge in [-0.15, -0.1) is 0 Å². The maximum absolute atomic E-state index is 13.1. The zero-order valence-corrected chi connectivity index (χ0v) is 20.1. The Morgan fingerprint density at radius 1 is 0.559 bits per heavy atom. The van der Waals surface area contributed by atoms with Crippen LogP contribution in [0.5, 0.6) is 0 Å². The van der Waals surface area contributed by atoms with Gasteiger partial charge in [-0.2, -0.15) is 0 Å². The maximum atomic E-state index is 13.1. The van der Waals surface area contributed by atoms with E-state index in [1.807, 2.05) is 0 Å². The highest BCUT2D eigenvalue weighted by Gasteiger charge is 2.24. The molecule has 0 bridgehead atoms. The molecule has 0 aromatic carbocycles. The van der Waals surface area contributed by atoms with Crippen LogP contribution in [0.2, 0.25) is 0 Å². The molecule has 0 unspecified atom stereocenters. The third-order valence-electron chi connectivity index (χ3n) is 5.26. The van der Waals surface area contributed by atoms with E-state index in [-0.39, 0.29) is 12.6 Å². The van der Waals surface area contributed by atoms with Crippen molar-refractivity contribution in [2.45, 2.75) is 77.0 Å². The van der Waals surface area contributed by atoms with Crippen LogP contribution >= 0.6 is 0 Å². The first-order valence-corrected chi connectivity index (χ1v) is 12.0. The fourth-order valence-electron chi connectivity index (χ4n) is 3.42. The average molecular weight is 479 g/mol. The van der Waals surface area contributed by atoms with Gasteiger partial charge >= 0.3 is 12.1 Å². The molecule has 11 nitrogen and oxygen atoms in total. The van der Waals surface area contributed by atoms with E-state index >= 15 is 0 Å². The molecule has 0 aromatic heterocycles. The highest BCUT2D eigenvalue weighted by Crippen LogP contribution is 2.11. The third kappa shape index (κ3) is 17.4. The molecule has 0 aliphatic carbocycles. The second-order valence-electron chi connectivity index (χ2n) is 7.92. The molecule has 0 heterocycles. The number of carbonyl (C=O) groups is 2. The van der Waals surface area contributed by atoms with Crippen LogP contribution in [0.4, 0.5) is 9.59 Å². The highest BCUT2D eigenvalue weighted by atomic mass is 16.2. The molecule has 34 heavy (non-hydrogen) atoms. The normalized spacial score (nSPS) is 9.88. The number of urea groups is 2. The number of isocyanates is 3. The molecule has 11 heteroatoms. The quantitative estimate of drug-likeness (QED) is 0.152. The van der Waals surface area contributed by atoms with Crippen molar-refractivity contribution in [1.82, 2.24) is 9.80 Å². The van der Waals surface area contributed by atoms with Gasteiger partial charge in [0.05, 0.1) is 19.6 Å². The molecule has 0 saturated heterocycles. The van der Waals surface area contributed by atoms with E-state index in [2.05, 4.69) is 15.0 Å². The molecule has 190 valence electrons. The Kier molecular flexibility index (Phi) is 20.9. The molecule has 0 aliphatic heterocycles. The van der Waals surface area contributed by atoms with Crippen molar-refractivity contribution in [3.8, 4) is 0 Å². The zero-order valence-electron chi connectivity index (χ0n) is 20.1. The Morgan fingerprint density at radius 2 is 0.912 bits per heavy atom. The van der Waals surface area contributed by atoms with E-state index in [9.17, 15) is 24.0 Å². The lowest BCUT2D eigenvalue weighted by atomic mass is 10.1. The standard InChI is InChI=1S/C23H38N6O5/c24-22(33)29(18-12-6-3-9-15-27-21-32)23(34)28(16-10-4-1-7-13-25-19-30)17-11-5-2-8-14-26-20-31/h1-18H2,(H2,24,33). The van der Waals surface area contributed by atoms with Gasteiger partial charge in [0, 0.05) is 19.6 Å². The molecular weight excluding hydrogens is 440 g/mol. The lowest BCUT2D eigenvalue weighted by Crippen LogP contribution is -2.49. The van der Waals surface area contributed by atoms with E-state index in [4.69, 9.17) is 5.73 Å². The van der Waals surface area contributed by atoms with Gasteiger partial charge in [-0.3, -0.25) is 0 Å². The number of amides is 4. The molecule has 0 radical (unpaired) electrons. The number of nitrogens with zero attached hydrogens (tertiary/aromatic N) is 5. The minimum absolute atomic E-state index is 0.245. The minimum Gasteiger partial charge on any atom is -0.351 e. The second-order valence-corrected chi connectivity index (χ2v) is 7.92. The fourth-order valence-corrected chi connectivity index (χ4v) is 3.42. The molecular formula is C23H38N6O5. The lowest BCUT2D eigenvalue weighted by Gasteiger charge is -2.29. The predicted octanol–water partition coefficient (Wildman–Crippen LogP) is 3.48. The number of imide groups is 1. The van der Waals surface area contributed by atoms with Gasteiger partial charge in [-0.1, -0.05) is 38.5 Å². The van der Waals surface area contributed by atoms with E-state index in [1.165, 1.54) is 18.2 Å². The molecule has 0 aliphatic rings. The summed E-state index contributed by atoms with van der Waals surface area (Å²) in [6.45, 7) is 2.61. The Labute approximate surface area is 201 Å². The first-order chi connectivity index (χ1) is 16.6. The van der Waals surface area contributed by atoms with Crippen molar-refractivity contribution in [2.24, 2.45) is 20.7 Å². The van der Waals surface area contributed by atoms with Crippen molar-refractivity contribution in [1.29, 1.82) is 0 Å². The number of carbonyl (C=O) groups excluding carboxylic acids is 5. The number of aliphatic imine (C=N–C) groups is 3. The molecule has 0 fully saturated rings. The average Bonchev–Trinajstić information content (AvgIpc) is 2.82. The van der Waals surface area contributed by atoms with Crippen LogP contribution in [0.3, 0.4) is 0 Å². The molecule has 0 rings (SSSR count). The Hall–Kier alpha value is -3.12. The number of unbranched alkanes of at least 4 members (excludes halogenated alkanes) is 9. The summed E-state index contributed by atoms with van der Waals surface area (Å²) in [5, 5.41) is 0. The third-order valence-corrected chi connectivity index (χ3v) is 5.26. The molecule has 4 amide bonds. The van der Waals surface area contributed by atoms with Gasteiger partial charge in [0.1, 0.15) is 0 Å². The van der Waals surface area contributed by atoms with Crippen molar-refractivity contribution in [3.63, 3.8) is 0 Å². The van der Waals surface area contributed by atoms with Crippen LogP contribution in [-0.2, 0) is 14.4 Å². The monoisotopic (exact) mass is 478 g/mol. The predicted molar refractivity (Wildman–Crippen MR) is 128 cm³/mol. The second kappa shape index (κ2) is 23.1. The Morgan fingerprint density at radius 3 is 1.26 bits per heavy atom. The highest BCUT2D eigenvalue weighted by molar-refractivity contribution is 5.92. The Balaban J connectivity index is 4.69. The number of nitrogens with two attached hydrogens (primary N) is 1. The number of primary amides is 1. The van der Waals surface area contributed by atoms with Crippen molar-refractivity contribution in [3.05, 3.63) is 0 Å². The van der Waals surface area contributed by atoms with Gasteiger partial charge < -0.3 is 10.6 Å². The number of rotatable bonds is 21. The molecule has 0 atom stereocenters. The SMILES string of the molecule is NC(=O)N(CCCCCCN=C=O)C(=O)N(CCCCCCN=C=O)CCCCCCN=C=O. The fraction of sp³-hybridized carbons (Fsp3) is 0.783. The number of hydrogen-bond acceptors (Lipinski definition) is 8.